The van der Waals surface area contributed by atoms with Crippen LogP contribution in [-0.4, -0.2) is 50.7 Å². The molecule has 0 aromatic heterocycles. The van der Waals surface area contributed by atoms with Gasteiger partial charge in [-0.3, -0.25) is 4.79 Å². The van der Waals surface area contributed by atoms with Crippen LogP contribution in [-0.2, 0) is 32.2 Å². The van der Waals surface area contributed by atoms with E-state index in [-0.39, 0.29) is 24.6 Å². The Hall–Kier alpha value is -2.87. The third-order valence-corrected chi connectivity index (χ3v) is 5.22. The zero-order valence-corrected chi connectivity index (χ0v) is 20.4. The highest BCUT2D eigenvalue weighted by Gasteiger charge is 2.14. The lowest BCUT2D eigenvalue weighted by Gasteiger charge is -2.19. The normalized spacial score (nSPS) is 13.9. The maximum Gasteiger partial charge on any atom is 0.305 e. The minimum Gasteiger partial charge on any atom is -0.497 e. The fourth-order valence-corrected chi connectivity index (χ4v) is 3.23. The second-order valence-corrected chi connectivity index (χ2v) is 7.98. The number of carbonyl (C=O) groups excluding carboxylic acids is 1. The molecular weight excluding hydrogens is 436 g/mol. The zero-order chi connectivity index (χ0) is 24.8. The van der Waals surface area contributed by atoms with E-state index in [1.54, 1.807) is 21.1 Å². The summed E-state index contributed by atoms with van der Waals surface area (Å²) in [5.74, 6) is 1.27. The Morgan fingerprint density at radius 3 is 1.74 bits per heavy atom. The fourth-order valence-electron chi connectivity index (χ4n) is 3.23. The van der Waals surface area contributed by atoms with Crippen LogP contribution in [0.5, 0.6) is 11.5 Å². The largest absolute Gasteiger partial charge is 0.497 e. The molecule has 7 heteroatoms. The monoisotopic (exact) mass is 472 g/mol. The molecule has 2 aromatic rings. The second-order valence-electron chi connectivity index (χ2n) is 7.98. The van der Waals surface area contributed by atoms with Crippen molar-refractivity contribution in [3.8, 4) is 11.5 Å². The zero-order valence-electron chi connectivity index (χ0n) is 20.4. The first kappa shape index (κ1) is 27.4. The number of aliphatic hydroxyl groups excluding tert-OH is 1. The van der Waals surface area contributed by atoms with E-state index in [0.717, 1.165) is 22.6 Å². The maximum absolute atomic E-state index is 11.7. The first-order valence-corrected chi connectivity index (χ1v) is 11.4. The Balaban J connectivity index is 2.02. The molecule has 186 valence electrons. The summed E-state index contributed by atoms with van der Waals surface area (Å²) in [6.45, 7) is 2.51. The van der Waals surface area contributed by atoms with Crippen LogP contribution in [0.15, 0.2) is 60.7 Å². The SMILES string of the molecule is COC(=O)CC[C@@H](/C=C/[C@H](C[C@@H](C)O)OCc1ccc(OC)cc1)OCc1ccc(OC)cc1. The lowest BCUT2D eigenvalue weighted by Crippen LogP contribution is -2.19. The lowest BCUT2D eigenvalue weighted by atomic mass is 10.1. The van der Waals surface area contributed by atoms with E-state index in [1.807, 2.05) is 60.7 Å². The average Bonchev–Trinajstić information content (AvgIpc) is 2.86. The number of carbonyl (C=O) groups is 1. The van der Waals surface area contributed by atoms with Crippen molar-refractivity contribution in [2.24, 2.45) is 0 Å². The topological polar surface area (TPSA) is 83.5 Å². The highest BCUT2D eigenvalue weighted by Crippen LogP contribution is 2.17. The molecule has 34 heavy (non-hydrogen) atoms. The predicted octanol–water partition coefficient (Wildman–Crippen LogP) is 4.45. The molecule has 2 rings (SSSR count). The molecule has 0 amide bonds. The van der Waals surface area contributed by atoms with Gasteiger partial charge in [-0.15, -0.1) is 0 Å². The van der Waals surface area contributed by atoms with Crippen molar-refractivity contribution in [1.29, 1.82) is 0 Å². The van der Waals surface area contributed by atoms with Crippen molar-refractivity contribution >= 4 is 5.97 Å². The van der Waals surface area contributed by atoms with Gasteiger partial charge in [-0.25, -0.2) is 0 Å². The van der Waals surface area contributed by atoms with Gasteiger partial charge in [-0.2, -0.15) is 0 Å². The third kappa shape index (κ3) is 10.4. The highest BCUT2D eigenvalue weighted by atomic mass is 16.5. The fraction of sp³-hybridized carbons (Fsp3) is 0.444. The Morgan fingerprint density at radius 1 is 0.824 bits per heavy atom. The van der Waals surface area contributed by atoms with Crippen LogP contribution >= 0.6 is 0 Å². The molecule has 1 N–H and O–H groups in total. The molecule has 3 atom stereocenters. The number of benzene rings is 2. The van der Waals surface area contributed by atoms with Crippen LogP contribution in [0.25, 0.3) is 0 Å². The molecule has 7 nitrogen and oxygen atoms in total. The van der Waals surface area contributed by atoms with Gasteiger partial charge in [0.1, 0.15) is 11.5 Å². The molecule has 0 unspecified atom stereocenters. The number of hydrogen-bond acceptors (Lipinski definition) is 7. The Labute approximate surface area is 202 Å². The van der Waals surface area contributed by atoms with Gasteiger partial charge in [0.2, 0.25) is 0 Å². The maximum atomic E-state index is 11.7. The first-order valence-electron chi connectivity index (χ1n) is 11.4. The summed E-state index contributed by atoms with van der Waals surface area (Å²) < 4.78 is 27.3. The molecule has 0 aliphatic heterocycles. The van der Waals surface area contributed by atoms with Crippen LogP contribution in [0.4, 0.5) is 0 Å². The quantitative estimate of drug-likeness (QED) is 0.303. The summed E-state index contributed by atoms with van der Waals surface area (Å²) in [5.41, 5.74) is 2.00. The summed E-state index contributed by atoms with van der Waals surface area (Å²) in [6, 6.07) is 15.3. The molecule has 0 aliphatic rings. The van der Waals surface area contributed by atoms with Crippen molar-refractivity contribution in [2.45, 2.75) is 57.7 Å². The van der Waals surface area contributed by atoms with Gasteiger partial charge in [-0.1, -0.05) is 36.4 Å². The highest BCUT2D eigenvalue weighted by molar-refractivity contribution is 5.69. The van der Waals surface area contributed by atoms with E-state index in [4.69, 9.17) is 23.7 Å². The molecule has 0 aliphatic carbocycles. The third-order valence-electron chi connectivity index (χ3n) is 5.22. The summed E-state index contributed by atoms with van der Waals surface area (Å²) >= 11 is 0. The number of rotatable bonds is 15. The second kappa shape index (κ2) is 15.1. The van der Waals surface area contributed by atoms with E-state index >= 15 is 0 Å². The summed E-state index contributed by atoms with van der Waals surface area (Å²) in [6.07, 6.45) is 3.78. The van der Waals surface area contributed by atoms with Gasteiger partial charge >= 0.3 is 5.97 Å². The molecular formula is C27H36O7. The number of ether oxygens (including phenoxy) is 5. The van der Waals surface area contributed by atoms with Crippen molar-refractivity contribution in [3.63, 3.8) is 0 Å². The van der Waals surface area contributed by atoms with E-state index in [9.17, 15) is 9.90 Å². The minimum absolute atomic E-state index is 0.238. The van der Waals surface area contributed by atoms with Crippen molar-refractivity contribution in [3.05, 3.63) is 71.8 Å². The molecule has 0 saturated heterocycles. The van der Waals surface area contributed by atoms with E-state index < -0.39 is 6.10 Å². The smallest absolute Gasteiger partial charge is 0.305 e. The van der Waals surface area contributed by atoms with Crippen molar-refractivity contribution in [1.82, 2.24) is 0 Å². The Morgan fingerprint density at radius 2 is 1.29 bits per heavy atom. The predicted molar refractivity (Wildman–Crippen MR) is 130 cm³/mol. The van der Waals surface area contributed by atoms with Crippen LogP contribution in [0, 0.1) is 0 Å². The average molecular weight is 473 g/mol. The summed E-state index contributed by atoms with van der Waals surface area (Å²) in [5, 5.41) is 9.92. The van der Waals surface area contributed by atoms with E-state index in [0.29, 0.717) is 26.1 Å². The summed E-state index contributed by atoms with van der Waals surface area (Å²) in [4.78, 5) is 11.7. The van der Waals surface area contributed by atoms with Gasteiger partial charge < -0.3 is 28.8 Å². The van der Waals surface area contributed by atoms with Crippen molar-refractivity contribution in [2.75, 3.05) is 21.3 Å². The molecule has 0 heterocycles. The van der Waals surface area contributed by atoms with Gasteiger partial charge in [0, 0.05) is 12.8 Å². The van der Waals surface area contributed by atoms with Crippen LogP contribution < -0.4 is 9.47 Å². The number of methoxy groups -OCH3 is 3. The van der Waals surface area contributed by atoms with Gasteiger partial charge in [0.05, 0.1) is 52.9 Å². The molecule has 0 radical (unpaired) electrons. The number of hydrogen-bond donors (Lipinski definition) is 1. The molecule has 2 aromatic carbocycles. The Bertz CT molecular complexity index is 860. The van der Waals surface area contributed by atoms with Gasteiger partial charge in [-0.05, 0) is 48.7 Å². The number of aliphatic hydroxyl groups is 1. The van der Waals surface area contributed by atoms with E-state index in [2.05, 4.69) is 0 Å². The van der Waals surface area contributed by atoms with Gasteiger partial charge in [0.15, 0.2) is 0 Å². The van der Waals surface area contributed by atoms with Crippen LogP contribution in [0.1, 0.15) is 37.3 Å². The van der Waals surface area contributed by atoms with E-state index in [1.165, 1.54) is 7.11 Å². The molecule has 0 spiro atoms. The lowest BCUT2D eigenvalue weighted by molar-refractivity contribution is -0.141. The standard InChI is InChI=1S/C27H36O7/c1-20(28)17-26(34-19-22-7-11-24(31-3)12-8-22)14-13-25(15-16-27(29)32-4)33-18-21-5-9-23(30-2)10-6-21/h5-14,20,25-26,28H,15-19H2,1-4H3/b14-13+/t20-,25-,26-/m1/s1. The van der Waals surface area contributed by atoms with Crippen LogP contribution in [0.3, 0.4) is 0 Å². The first-order chi connectivity index (χ1) is 16.4. The van der Waals surface area contributed by atoms with Crippen molar-refractivity contribution < 1.29 is 33.6 Å². The minimum atomic E-state index is -0.528. The van der Waals surface area contributed by atoms with Gasteiger partial charge in [0.25, 0.3) is 0 Å². The number of esters is 1. The Kier molecular flexibility index (Phi) is 12.2. The molecule has 0 bridgehead atoms. The van der Waals surface area contributed by atoms with Crippen LogP contribution in [0.2, 0.25) is 0 Å². The summed E-state index contributed by atoms with van der Waals surface area (Å²) in [7, 11) is 4.62. The molecule has 0 saturated carbocycles. The molecule has 0 fully saturated rings.